The van der Waals surface area contributed by atoms with Gasteiger partial charge in [0, 0.05) is 22.6 Å². The zero-order valence-electron chi connectivity index (χ0n) is 16.3. The molecule has 0 bridgehead atoms. The first-order chi connectivity index (χ1) is 13.5. The van der Waals surface area contributed by atoms with Gasteiger partial charge in [-0.1, -0.05) is 24.3 Å². The Morgan fingerprint density at radius 3 is 2.34 bits per heavy atom. The molecule has 8 heteroatoms. The van der Waals surface area contributed by atoms with Crippen LogP contribution in [0.3, 0.4) is 0 Å². The molecule has 0 N–H and O–H groups in total. The highest BCUT2D eigenvalue weighted by Gasteiger charge is 2.36. The van der Waals surface area contributed by atoms with Crippen LogP contribution in [-0.2, 0) is 9.84 Å². The third kappa shape index (κ3) is 3.19. The Morgan fingerprint density at radius 1 is 1.00 bits per heavy atom. The summed E-state index contributed by atoms with van der Waals surface area (Å²) in [7, 11) is -0.682. The zero-order chi connectivity index (χ0) is 21.1. The Balaban J connectivity index is 2.07. The fourth-order valence-corrected chi connectivity index (χ4v) is 4.67. The van der Waals surface area contributed by atoms with E-state index in [0.29, 0.717) is 27.1 Å². The molecule has 0 fully saturated rings. The van der Waals surface area contributed by atoms with E-state index in [1.807, 2.05) is 0 Å². The quantitative estimate of drug-likeness (QED) is 0.284. The van der Waals surface area contributed by atoms with Crippen molar-refractivity contribution in [3.05, 3.63) is 58.8 Å². The number of likely N-dealkylation sites (N-methyl/N-ethyl adjacent to an activating group) is 1. The van der Waals surface area contributed by atoms with E-state index in [9.17, 15) is 23.2 Å². The molecule has 0 atom stereocenters. The molecular weight excluding hydrogens is 392 g/mol. The first-order valence-electron chi connectivity index (χ1n) is 9.08. The number of imide groups is 1. The maximum Gasteiger partial charge on any atom is 0.262 e. The third-order valence-electron chi connectivity index (χ3n) is 5.18. The van der Waals surface area contributed by atoms with E-state index >= 15 is 0 Å². The molecule has 7 nitrogen and oxygen atoms in total. The number of benzene rings is 3. The number of amides is 2. The summed E-state index contributed by atoms with van der Waals surface area (Å²) in [6.07, 6.45) is 1.10. The van der Waals surface area contributed by atoms with E-state index in [-0.39, 0.29) is 23.5 Å². The minimum atomic E-state index is -3.57. The first-order valence-corrected chi connectivity index (χ1v) is 11.0. The van der Waals surface area contributed by atoms with Gasteiger partial charge in [-0.2, -0.15) is 0 Å². The minimum absolute atomic E-state index is 0.0217. The number of rotatable bonds is 4. The molecule has 0 spiro atoms. The molecule has 0 aliphatic carbocycles. The highest BCUT2D eigenvalue weighted by Crippen LogP contribution is 2.38. The van der Waals surface area contributed by atoms with Gasteiger partial charge in [0.05, 0.1) is 37.6 Å². The van der Waals surface area contributed by atoms with Crippen molar-refractivity contribution in [1.29, 1.82) is 0 Å². The predicted octanol–water partition coefficient (Wildman–Crippen LogP) is 2.57. The molecule has 1 aliphatic heterocycles. The molecule has 3 aromatic carbocycles. The summed E-state index contributed by atoms with van der Waals surface area (Å²) < 4.78 is 24.0. The zero-order valence-corrected chi connectivity index (χ0v) is 17.1. The van der Waals surface area contributed by atoms with Crippen LogP contribution in [0.2, 0.25) is 0 Å². The number of hydrogen-bond acceptors (Lipinski definition) is 5. The van der Waals surface area contributed by atoms with Crippen LogP contribution in [0, 0.1) is 5.21 Å². The second kappa shape index (κ2) is 6.35. The third-order valence-corrected chi connectivity index (χ3v) is 6.34. The van der Waals surface area contributed by atoms with Crippen molar-refractivity contribution in [1.82, 2.24) is 4.90 Å². The van der Waals surface area contributed by atoms with Crippen LogP contribution in [0.5, 0.6) is 0 Å². The second-order valence-corrected chi connectivity index (χ2v) is 9.82. The van der Waals surface area contributed by atoms with Gasteiger partial charge in [-0.25, -0.2) is 8.42 Å². The highest BCUT2D eigenvalue weighted by atomic mass is 32.2. The molecule has 0 unspecified atom stereocenters. The number of carbonyl (C=O) groups excluding carboxylic acids is 2. The minimum Gasteiger partial charge on any atom is -0.633 e. The molecule has 0 saturated heterocycles. The van der Waals surface area contributed by atoms with Gasteiger partial charge >= 0.3 is 0 Å². The van der Waals surface area contributed by atoms with Crippen molar-refractivity contribution >= 4 is 43.2 Å². The summed E-state index contributed by atoms with van der Waals surface area (Å²) in [6, 6.07) is 11.7. The molecule has 0 radical (unpaired) electrons. The number of fused-ring (bicyclic) bond motifs is 2. The fraction of sp³-hybridized carbons (Fsp3) is 0.238. The van der Waals surface area contributed by atoms with Crippen LogP contribution in [-0.4, -0.2) is 63.2 Å². The van der Waals surface area contributed by atoms with E-state index in [4.69, 9.17) is 0 Å². The Labute approximate surface area is 168 Å². The second-order valence-electron chi connectivity index (χ2n) is 7.84. The van der Waals surface area contributed by atoms with Crippen molar-refractivity contribution in [3.8, 4) is 0 Å². The number of quaternary nitrogens is 1. The number of hydrogen-bond donors (Lipinski definition) is 0. The predicted molar refractivity (Wildman–Crippen MR) is 110 cm³/mol. The lowest BCUT2D eigenvalue weighted by Crippen LogP contribution is -2.47. The van der Waals surface area contributed by atoms with E-state index in [0.717, 1.165) is 11.2 Å². The molecule has 150 valence electrons. The molecular formula is C21H20N2O5S. The van der Waals surface area contributed by atoms with E-state index in [1.165, 1.54) is 26.2 Å². The molecule has 0 saturated carbocycles. The van der Waals surface area contributed by atoms with Gasteiger partial charge in [-0.05, 0) is 29.0 Å². The SMILES string of the molecule is C[N+](C)([O-])CCN1C(=O)c2ccc(S(C)(=O)=O)c3cc4ccccc4c(c23)C1=O. The molecule has 2 amide bonds. The van der Waals surface area contributed by atoms with Crippen molar-refractivity contribution in [3.63, 3.8) is 0 Å². The van der Waals surface area contributed by atoms with Gasteiger partial charge in [0.25, 0.3) is 11.8 Å². The number of carbonyl (C=O) groups is 2. The summed E-state index contributed by atoms with van der Waals surface area (Å²) in [4.78, 5) is 27.6. The topological polar surface area (TPSA) is 94.6 Å². The largest absolute Gasteiger partial charge is 0.633 e. The standard InChI is InChI=1S/C21H20N2O5S/c1-23(2,26)11-10-22-20(24)15-8-9-17(29(3,27)28)16-12-13-6-4-5-7-14(13)19(18(15)16)21(22)25/h4-9,12H,10-11H2,1-3H3. The average molecular weight is 412 g/mol. The molecule has 3 aromatic rings. The molecule has 1 aliphatic rings. The van der Waals surface area contributed by atoms with Crippen molar-refractivity contribution in [2.24, 2.45) is 0 Å². The Hall–Kier alpha value is -2.81. The summed E-state index contributed by atoms with van der Waals surface area (Å²) in [5, 5.41) is 14.1. The lowest BCUT2D eigenvalue weighted by atomic mass is 9.89. The number of sulfone groups is 1. The maximum absolute atomic E-state index is 13.4. The number of hydroxylamine groups is 3. The molecule has 29 heavy (non-hydrogen) atoms. The lowest BCUT2D eigenvalue weighted by molar-refractivity contribution is -0.839. The van der Waals surface area contributed by atoms with Gasteiger partial charge in [0.1, 0.15) is 0 Å². The van der Waals surface area contributed by atoms with Crippen molar-refractivity contribution in [2.75, 3.05) is 33.4 Å². The average Bonchev–Trinajstić information content (AvgIpc) is 2.62. The van der Waals surface area contributed by atoms with Gasteiger partial charge < -0.3 is 9.85 Å². The van der Waals surface area contributed by atoms with E-state index < -0.39 is 26.3 Å². The smallest absolute Gasteiger partial charge is 0.262 e. The monoisotopic (exact) mass is 412 g/mol. The summed E-state index contributed by atoms with van der Waals surface area (Å²) in [6.45, 7) is 0.0360. The Kier molecular flexibility index (Phi) is 4.27. The van der Waals surface area contributed by atoms with Gasteiger partial charge in [-0.15, -0.1) is 0 Å². The van der Waals surface area contributed by atoms with Crippen LogP contribution >= 0.6 is 0 Å². The van der Waals surface area contributed by atoms with Crippen molar-refractivity contribution in [2.45, 2.75) is 4.90 Å². The number of nitrogens with zero attached hydrogens (tertiary/aromatic N) is 2. The summed E-state index contributed by atoms with van der Waals surface area (Å²) >= 11 is 0. The van der Waals surface area contributed by atoms with E-state index in [2.05, 4.69) is 0 Å². The summed E-state index contributed by atoms with van der Waals surface area (Å²) in [5.74, 6) is -1.03. The fourth-order valence-electron chi connectivity index (χ4n) is 3.79. The van der Waals surface area contributed by atoms with Crippen LogP contribution < -0.4 is 0 Å². The highest BCUT2D eigenvalue weighted by molar-refractivity contribution is 7.91. The van der Waals surface area contributed by atoms with Gasteiger partial charge in [0.2, 0.25) is 0 Å². The maximum atomic E-state index is 13.4. The Bertz CT molecular complexity index is 1310. The molecule has 4 rings (SSSR count). The van der Waals surface area contributed by atoms with Crippen LogP contribution in [0.4, 0.5) is 0 Å². The van der Waals surface area contributed by atoms with Crippen LogP contribution in [0.25, 0.3) is 21.5 Å². The molecule has 1 heterocycles. The van der Waals surface area contributed by atoms with Crippen molar-refractivity contribution < 1.29 is 22.7 Å². The normalized spacial score (nSPS) is 14.8. The first kappa shape index (κ1) is 19.5. The van der Waals surface area contributed by atoms with Gasteiger partial charge in [-0.3, -0.25) is 14.5 Å². The lowest BCUT2D eigenvalue weighted by Gasteiger charge is -2.36. The Morgan fingerprint density at radius 2 is 1.69 bits per heavy atom. The summed E-state index contributed by atoms with van der Waals surface area (Å²) in [5.41, 5.74) is 0.568. The van der Waals surface area contributed by atoms with E-state index in [1.54, 1.807) is 30.3 Å². The van der Waals surface area contributed by atoms with Crippen LogP contribution in [0.15, 0.2) is 47.4 Å². The molecule has 0 aromatic heterocycles. The van der Waals surface area contributed by atoms with Gasteiger partial charge in [0.15, 0.2) is 9.84 Å². The van der Waals surface area contributed by atoms with Crippen LogP contribution in [0.1, 0.15) is 20.7 Å².